The number of aromatic nitrogens is 3. The van der Waals surface area contributed by atoms with Crippen LogP contribution in [0.15, 0.2) is 54.7 Å². The first-order chi connectivity index (χ1) is 18.7. The number of nitrogens with zero attached hydrogens (tertiary/aromatic N) is 4. The first-order valence-corrected chi connectivity index (χ1v) is 12.6. The van der Waals surface area contributed by atoms with E-state index in [2.05, 4.69) is 20.2 Å². The Kier molecular flexibility index (Phi) is 7.51. The molecule has 0 aliphatic carbocycles. The van der Waals surface area contributed by atoms with E-state index < -0.39 is 17.6 Å². The number of rotatable bonds is 8. The van der Waals surface area contributed by atoms with Gasteiger partial charge in [0.05, 0.1) is 40.9 Å². The number of hydrogen-bond acceptors (Lipinski definition) is 6. The minimum absolute atomic E-state index is 0.105. The van der Waals surface area contributed by atoms with Crippen LogP contribution >= 0.6 is 0 Å². The quantitative estimate of drug-likeness (QED) is 0.266. The lowest BCUT2D eigenvalue weighted by Gasteiger charge is -2.25. The van der Waals surface area contributed by atoms with Gasteiger partial charge in [-0.3, -0.25) is 14.7 Å². The molecule has 0 saturated carbocycles. The highest BCUT2D eigenvalue weighted by Gasteiger charge is 2.31. The molecule has 5 rings (SSSR count). The maximum Gasteiger partial charge on any atom is 0.416 e. The van der Waals surface area contributed by atoms with E-state index in [-0.39, 0.29) is 23.8 Å². The summed E-state index contributed by atoms with van der Waals surface area (Å²) in [6.07, 6.45) is 0.653. The number of anilines is 2. The summed E-state index contributed by atoms with van der Waals surface area (Å²) in [5, 5.41) is 2.66. The Balaban J connectivity index is 1.29. The van der Waals surface area contributed by atoms with E-state index in [1.807, 2.05) is 0 Å². The molecule has 0 bridgehead atoms. The summed E-state index contributed by atoms with van der Waals surface area (Å²) < 4.78 is 61.1. The third-order valence-corrected chi connectivity index (χ3v) is 6.64. The number of ketones is 1. The van der Waals surface area contributed by atoms with E-state index in [0.29, 0.717) is 46.9 Å². The Morgan fingerprint density at radius 2 is 1.79 bits per heavy atom. The van der Waals surface area contributed by atoms with Crippen LogP contribution in [-0.2, 0) is 24.4 Å². The summed E-state index contributed by atoms with van der Waals surface area (Å²) >= 11 is 0. The average molecular weight is 542 g/mol. The van der Waals surface area contributed by atoms with Crippen molar-refractivity contribution < 1.29 is 27.1 Å². The molecule has 1 aliphatic rings. The molecule has 2 aromatic heterocycles. The normalized spacial score (nSPS) is 14.5. The van der Waals surface area contributed by atoms with Crippen LogP contribution in [0.1, 0.15) is 30.5 Å². The third kappa shape index (κ3) is 6.36. The van der Waals surface area contributed by atoms with Gasteiger partial charge in [-0.15, -0.1) is 0 Å². The maximum atomic E-state index is 14.3. The SMILES string of the molecule is Cn1c(Nc2cc(C(F)(F)F)ccc2F)nc2cc(Oc3ccnc(CC(=O)CN4CCCCC4)c3)ccc21. The molecule has 3 heterocycles. The highest BCUT2D eigenvalue weighted by Crippen LogP contribution is 2.33. The van der Waals surface area contributed by atoms with E-state index >= 15 is 0 Å². The van der Waals surface area contributed by atoms with Crippen molar-refractivity contribution in [1.82, 2.24) is 19.4 Å². The number of likely N-dealkylation sites (tertiary alicyclic amines) is 1. The van der Waals surface area contributed by atoms with Crippen molar-refractivity contribution in [3.63, 3.8) is 0 Å². The van der Waals surface area contributed by atoms with Gasteiger partial charge in [0, 0.05) is 25.4 Å². The second-order valence-corrected chi connectivity index (χ2v) is 9.60. The lowest BCUT2D eigenvalue weighted by molar-refractivity contribution is -0.137. The molecule has 0 spiro atoms. The Bertz CT molecular complexity index is 1500. The smallest absolute Gasteiger partial charge is 0.416 e. The van der Waals surface area contributed by atoms with Crippen molar-refractivity contribution >= 4 is 28.5 Å². The predicted octanol–water partition coefficient (Wildman–Crippen LogP) is 6.26. The van der Waals surface area contributed by atoms with Crippen molar-refractivity contribution in [2.75, 3.05) is 25.0 Å². The summed E-state index contributed by atoms with van der Waals surface area (Å²) in [7, 11) is 1.67. The van der Waals surface area contributed by atoms with Gasteiger partial charge in [-0.25, -0.2) is 9.37 Å². The molecule has 2 aromatic carbocycles. The fourth-order valence-electron chi connectivity index (χ4n) is 4.65. The average Bonchev–Trinajstić information content (AvgIpc) is 3.19. The van der Waals surface area contributed by atoms with E-state index in [4.69, 9.17) is 4.74 Å². The lowest BCUT2D eigenvalue weighted by atomic mass is 10.1. The van der Waals surface area contributed by atoms with E-state index in [1.165, 1.54) is 6.42 Å². The number of halogens is 4. The van der Waals surface area contributed by atoms with Crippen molar-refractivity contribution in [2.45, 2.75) is 31.9 Å². The number of piperidine rings is 1. The zero-order chi connectivity index (χ0) is 27.6. The summed E-state index contributed by atoms with van der Waals surface area (Å²) in [5.41, 5.74) is 0.472. The number of ether oxygens (including phenoxy) is 1. The monoisotopic (exact) mass is 541 g/mol. The standard InChI is InChI=1S/C28H27F4N5O2/c1-36-26-8-6-21(16-25(26)35-27(36)34-24-13-18(28(30,31)32)5-7-23(24)29)39-22-9-10-33-19(15-22)14-20(38)17-37-11-3-2-4-12-37/h5-10,13,15-16H,2-4,11-12,14,17H2,1H3,(H,34,35). The van der Waals surface area contributed by atoms with Crippen molar-refractivity contribution in [3.05, 3.63) is 71.8 Å². The molecule has 7 nitrogen and oxygen atoms in total. The predicted molar refractivity (Wildman–Crippen MR) is 139 cm³/mol. The van der Waals surface area contributed by atoms with Gasteiger partial charge in [-0.2, -0.15) is 13.2 Å². The summed E-state index contributed by atoms with van der Waals surface area (Å²) in [6, 6.07) is 10.7. The summed E-state index contributed by atoms with van der Waals surface area (Å²) in [6.45, 7) is 2.32. The van der Waals surface area contributed by atoms with Crippen molar-refractivity contribution in [2.24, 2.45) is 7.05 Å². The van der Waals surface area contributed by atoms with E-state index in [0.717, 1.165) is 32.0 Å². The fourth-order valence-corrected chi connectivity index (χ4v) is 4.65. The van der Waals surface area contributed by atoms with Crippen LogP contribution in [0.5, 0.6) is 11.5 Å². The van der Waals surface area contributed by atoms with Gasteiger partial charge in [0.15, 0.2) is 5.78 Å². The van der Waals surface area contributed by atoms with Crippen LogP contribution in [0, 0.1) is 5.82 Å². The van der Waals surface area contributed by atoms with Gasteiger partial charge in [-0.05, 0) is 62.3 Å². The molecule has 204 valence electrons. The molecule has 4 aromatic rings. The third-order valence-electron chi connectivity index (χ3n) is 6.64. The van der Waals surface area contributed by atoms with Gasteiger partial charge in [-0.1, -0.05) is 6.42 Å². The highest BCUT2D eigenvalue weighted by atomic mass is 19.4. The number of hydrogen-bond donors (Lipinski definition) is 1. The van der Waals surface area contributed by atoms with E-state index in [9.17, 15) is 22.4 Å². The van der Waals surface area contributed by atoms with Gasteiger partial charge in [0.1, 0.15) is 17.3 Å². The molecule has 1 aliphatic heterocycles. The minimum atomic E-state index is -4.60. The summed E-state index contributed by atoms with van der Waals surface area (Å²) in [4.78, 5) is 23.4. The number of fused-ring (bicyclic) bond motifs is 1. The molecule has 0 atom stereocenters. The number of aryl methyl sites for hydroxylation is 1. The molecular weight excluding hydrogens is 514 g/mol. The number of carbonyl (C=O) groups is 1. The summed E-state index contributed by atoms with van der Waals surface area (Å²) in [5.74, 6) is 0.411. The van der Waals surface area contributed by atoms with Crippen molar-refractivity contribution in [1.29, 1.82) is 0 Å². The largest absolute Gasteiger partial charge is 0.457 e. The van der Waals surface area contributed by atoms with Gasteiger partial charge < -0.3 is 14.6 Å². The zero-order valence-electron chi connectivity index (χ0n) is 21.3. The number of carbonyl (C=O) groups excluding carboxylic acids is 1. The molecule has 11 heteroatoms. The second-order valence-electron chi connectivity index (χ2n) is 9.60. The lowest BCUT2D eigenvalue weighted by Crippen LogP contribution is -2.35. The molecule has 1 N–H and O–H groups in total. The van der Waals surface area contributed by atoms with Crippen LogP contribution in [0.2, 0.25) is 0 Å². The van der Waals surface area contributed by atoms with Crippen LogP contribution in [0.25, 0.3) is 11.0 Å². The number of alkyl halides is 3. The maximum absolute atomic E-state index is 14.3. The molecule has 1 fully saturated rings. The molecule has 1 saturated heterocycles. The fraction of sp³-hybridized carbons (Fsp3) is 0.321. The van der Waals surface area contributed by atoms with Gasteiger partial charge in [0.2, 0.25) is 5.95 Å². The minimum Gasteiger partial charge on any atom is -0.457 e. The van der Waals surface area contributed by atoms with Crippen molar-refractivity contribution in [3.8, 4) is 11.5 Å². The van der Waals surface area contributed by atoms with Crippen LogP contribution in [-0.4, -0.2) is 44.9 Å². The highest BCUT2D eigenvalue weighted by molar-refractivity contribution is 5.83. The Labute approximate surface area is 222 Å². The number of nitrogens with one attached hydrogen (secondary N) is 1. The van der Waals surface area contributed by atoms with Gasteiger partial charge in [0.25, 0.3) is 0 Å². The Hall–Kier alpha value is -3.99. The first-order valence-electron chi connectivity index (χ1n) is 12.6. The molecule has 0 amide bonds. The number of benzene rings is 2. The van der Waals surface area contributed by atoms with E-state index in [1.54, 1.807) is 48.1 Å². The molecule has 39 heavy (non-hydrogen) atoms. The molecule has 0 unspecified atom stereocenters. The van der Waals surface area contributed by atoms with Gasteiger partial charge >= 0.3 is 6.18 Å². The topological polar surface area (TPSA) is 72.3 Å². The molecular formula is C28H27F4N5O2. The zero-order valence-corrected chi connectivity index (χ0v) is 21.3. The number of imidazole rings is 1. The number of Topliss-reactive ketones (excluding diaryl/α,β-unsaturated/α-hetero) is 1. The Morgan fingerprint density at radius 3 is 2.56 bits per heavy atom. The van der Waals surface area contributed by atoms with Crippen LogP contribution in [0.4, 0.5) is 29.2 Å². The Morgan fingerprint density at radius 1 is 1.03 bits per heavy atom. The van der Waals surface area contributed by atoms with Crippen LogP contribution < -0.4 is 10.1 Å². The second kappa shape index (κ2) is 11.0. The number of pyridine rings is 1. The first kappa shape index (κ1) is 26.6. The van der Waals surface area contributed by atoms with Crippen LogP contribution in [0.3, 0.4) is 0 Å². The molecule has 0 radical (unpaired) electrons.